The first kappa shape index (κ1) is 32.3. The predicted octanol–water partition coefficient (Wildman–Crippen LogP) is 3.00. The van der Waals surface area contributed by atoms with Crippen molar-refractivity contribution in [1.82, 2.24) is 20.0 Å². The second-order valence-electron chi connectivity index (χ2n) is 12.9. The van der Waals surface area contributed by atoms with Crippen LogP contribution in [-0.4, -0.2) is 111 Å². The number of piperidine rings is 1. The highest BCUT2D eigenvalue weighted by molar-refractivity contribution is 5.85. The largest absolute Gasteiger partial charge is 0.493 e. The lowest BCUT2D eigenvalue weighted by Crippen LogP contribution is -2.50. The van der Waals surface area contributed by atoms with Crippen molar-refractivity contribution in [3.63, 3.8) is 0 Å². The van der Waals surface area contributed by atoms with Gasteiger partial charge in [0.05, 0.1) is 39.0 Å². The van der Waals surface area contributed by atoms with Crippen LogP contribution in [0.25, 0.3) is 0 Å². The van der Waals surface area contributed by atoms with E-state index in [4.69, 9.17) is 18.9 Å². The average molecular weight is 635 g/mol. The monoisotopic (exact) mass is 634 g/mol. The fraction of sp³-hybridized carbons (Fsp3) is 0.571. The maximum Gasteiger partial charge on any atom is 0.239 e. The minimum atomic E-state index is -0.238. The molecule has 2 atom stereocenters. The first-order chi connectivity index (χ1) is 22.4. The van der Waals surface area contributed by atoms with E-state index < -0.39 is 0 Å². The summed E-state index contributed by atoms with van der Waals surface area (Å²) in [6.45, 7) is 3.84. The summed E-state index contributed by atoms with van der Waals surface area (Å²) < 4.78 is 23.6. The van der Waals surface area contributed by atoms with Crippen LogP contribution < -0.4 is 14.8 Å². The number of carbonyl (C=O) groups is 3. The zero-order valence-electron chi connectivity index (χ0n) is 26.9. The molecule has 2 aromatic rings. The van der Waals surface area contributed by atoms with Crippen LogP contribution in [0.4, 0.5) is 0 Å². The highest BCUT2D eigenvalue weighted by atomic mass is 16.5. The molecule has 2 aromatic carbocycles. The number of nitrogens with zero attached hydrogens (tertiary/aromatic N) is 3. The number of methoxy groups -OCH3 is 2. The molecule has 0 radical (unpaired) electrons. The molecule has 1 saturated carbocycles. The molecule has 11 nitrogen and oxygen atoms in total. The van der Waals surface area contributed by atoms with Crippen molar-refractivity contribution in [1.29, 1.82) is 0 Å². The van der Waals surface area contributed by atoms with Crippen molar-refractivity contribution in [2.75, 3.05) is 60.1 Å². The molecule has 1 N–H and O–H groups in total. The number of nitrogens with one attached hydrogen (secondary N) is 1. The Balaban J connectivity index is 1.21. The summed E-state index contributed by atoms with van der Waals surface area (Å²) in [5.41, 5.74) is 1.89. The number of rotatable bonds is 6. The lowest BCUT2D eigenvalue weighted by molar-refractivity contribution is -0.137. The van der Waals surface area contributed by atoms with Gasteiger partial charge >= 0.3 is 0 Å². The molecule has 1 aliphatic carbocycles. The Hall–Kier alpha value is -3.67. The summed E-state index contributed by atoms with van der Waals surface area (Å²) in [4.78, 5) is 45.5. The van der Waals surface area contributed by atoms with Crippen LogP contribution in [0.3, 0.4) is 0 Å². The van der Waals surface area contributed by atoms with Crippen LogP contribution in [0, 0.1) is 5.92 Å². The van der Waals surface area contributed by atoms with Gasteiger partial charge in [0.25, 0.3) is 0 Å². The quantitative estimate of drug-likeness (QED) is 0.517. The Kier molecular flexibility index (Phi) is 10.4. The highest BCUT2D eigenvalue weighted by Gasteiger charge is 2.41. The molecule has 3 heterocycles. The third-order valence-electron chi connectivity index (χ3n) is 9.56. The van der Waals surface area contributed by atoms with Crippen molar-refractivity contribution in [2.45, 2.75) is 63.3 Å². The summed E-state index contributed by atoms with van der Waals surface area (Å²) >= 11 is 0. The summed E-state index contributed by atoms with van der Waals surface area (Å²) in [5, 5.41) is 3.21. The third kappa shape index (κ3) is 8.00. The molecule has 248 valence electrons. The van der Waals surface area contributed by atoms with E-state index >= 15 is 0 Å². The number of hydrogen-bond acceptors (Lipinski definition) is 8. The first-order valence-corrected chi connectivity index (χ1v) is 16.5. The maximum absolute atomic E-state index is 13.5. The van der Waals surface area contributed by atoms with Crippen LogP contribution in [0.1, 0.15) is 43.2 Å². The van der Waals surface area contributed by atoms with E-state index in [2.05, 4.69) is 10.2 Å². The van der Waals surface area contributed by atoms with E-state index in [1.54, 1.807) is 19.1 Å². The number of hydrogen-bond donors (Lipinski definition) is 1. The minimum absolute atomic E-state index is 0.0495. The molecular formula is C35H46N4O7. The molecular weight excluding hydrogens is 588 g/mol. The summed E-state index contributed by atoms with van der Waals surface area (Å²) in [6.07, 6.45) is 4.36. The molecule has 4 aliphatic rings. The molecule has 46 heavy (non-hydrogen) atoms. The fourth-order valence-corrected chi connectivity index (χ4v) is 6.76. The lowest BCUT2D eigenvalue weighted by Gasteiger charge is -2.37. The lowest BCUT2D eigenvalue weighted by atomic mass is 10.0. The van der Waals surface area contributed by atoms with Gasteiger partial charge in [-0.2, -0.15) is 0 Å². The van der Waals surface area contributed by atoms with Crippen molar-refractivity contribution in [3.8, 4) is 17.2 Å². The van der Waals surface area contributed by atoms with Gasteiger partial charge in [-0.25, -0.2) is 0 Å². The van der Waals surface area contributed by atoms with E-state index in [1.165, 1.54) is 0 Å². The van der Waals surface area contributed by atoms with Crippen LogP contribution in [0.15, 0.2) is 42.5 Å². The molecule has 3 amide bonds. The maximum atomic E-state index is 13.5. The van der Waals surface area contributed by atoms with Gasteiger partial charge < -0.3 is 34.1 Å². The fourth-order valence-electron chi connectivity index (χ4n) is 6.76. The van der Waals surface area contributed by atoms with Crippen LogP contribution in [0.5, 0.6) is 17.2 Å². The molecule has 0 spiro atoms. The van der Waals surface area contributed by atoms with E-state index in [0.29, 0.717) is 68.5 Å². The Morgan fingerprint density at radius 3 is 2.57 bits per heavy atom. The molecule has 4 bridgehead atoms. The van der Waals surface area contributed by atoms with E-state index in [1.807, 2.05) is 47.4 Å². The second-order valence-corrected chi connectivity index (χ2v) is 12.9. The SMILES string of the molecule is COCCN1CC(=O)N[C@H]2CN(C3CCN(C(=O)C4CC4)CC3)C[C@@H]2OCc2cccc(c2)Oc2cc(ccc2OC)CCC1=O. The predicted molar refractivity (Wildman–Crippen MR) is 171 cm³/mol. The minimum Gasteiger partial charge on any atom is -0.493 e. The van der Waals surface area contributed by atoms with Crippen LogP contribution in [-0.2, 0) is 36.9 Å². The van der Waals surface area contributed by atoms with E-state index in [9.17, 15) is 14.4 Å². The molecule has 11 heteroatoms. The van der Waals surface area contributed by atoms with Crippen molar-refractivity contribution < 1.29 is 33.3 Å². The Morgan fingerprint density at radius 2 is 1.80 bits per heavy atom. The molecule has 6 rings (SSSR count). The second kappa shape index (κ2) is 14.8. The van der Waals surface area contributed by atoms with Gasteiger partial charge in [0, 0.05) is 58.2 Å². The molecule has 0 unspecified atom stereocenters. The third-order valence-corrected chi connectivity index (χ3v) is 9.56. The van der Waals surface area contributed by atoms with Crippen molar-refractivity contribution >= 4 is 17.7 Å². The van der Waals surface area contributed by atoms with E-state index in [0.717, 1.165) is 49.9 Å². The first-order valence-electron chi connectivity index (χ1n) is 16.5. The number of benzene rings is 2. The summed E-state index contributed by atoms with van der Waals surface area (Å²) in [7, 11) is 3.19. The molecule has 2 saturated heterocycles. The van der Waals surface area contributed by atoms with E-state index in [-0.39, 0.29) is 42.8 Å². The normalized spacial score (nSPS) is 23.6. The zero-order valence-corrected chi connectivity index (χ0v) is 26.9. The van der Waals surface area contributed by atoms with Crippen molar-refractivity contribution in [2.24, 2.45) is 5.92 Å². The zero-order chi connectivity index (χ0) is 32.0. The summed E-state index contributed by atoms with van der Waals surface area (Å²) in [5.74, 6) is 2.05. The van der Waals surface area contributed by atoms with Crippen LogP contribution in [0.2, 0.25) is 0 Å². The van der Waals surface area contributed by atoms with Crippen LogP contribution >= 0.6 is 0 Å². The average Bonchev–Trinajstić information content (AvgIpc) is 3.85. The number of fused-ring (bicyclic) bond motifs is 5. The van der Waals surface area contributed by atoms with Gasteiger partial charge in [-0.15, -0.1) is 0 Å². The van der Waals surface area contributed by atoms with Gasteiger partial charge in [0.1, 0.15) is 5.75 Å². The van der Waals surface area contributed by atoms with Gasteiger partial charge in [0.2, 0.25) is 17.7 Å². The molecule has 0 aromatic heterocycles. The standard InChI is InChI=1S/C35H46N4O7/c1-43-17-16-38-22-33(40)36-29-20-39(27-12-14-37(15-13-27)35(42)26-8-9-26)21-32(29)45-23-25-4-3-5-28(18-25)46-31-19-24(7-11-34(38)41)6-10-30(31)44-2/h3-6,10,18-19,26-27,29,32H,7-9,11-17,20-23H2,1-2H3,(H,36,40)/t29-,32-/m0/s1. The highest BCUT2D eigenvalue weighted by Crippen LogP contribution is 2.34. The number of carbonyl (C=O) groups excluding carboxylic acids is 3. The number of aryl methyl sites for hydroxylation is 1. The smallest absolute Gasteiger partial charge is 0.239 e. The van der Waals surface area contributed by atoms with Gasteiger partial charge in [-0.1, -0.05) is 18.2 Å². The Labute approximate surface area is 271 Å². The Bertz CT molecular complexity index is 1390. The molecule has 3 fully saturated rings. The van der Waals surface area contributed by atoms with Crippen molar-refractivity contribution in [3.05, 3.63) is 53.6 Å². The number of ether oxygens (including phenoxy) is 4. The summed E-state index contributed by atoms with van der Waals surface area (Å²) in [6, 6.07) is 13.5. The number of amides is 3. The topological polar surface area (TPSA) is 110 Å². The van der Waals surface area contributed by atoms with Gasteiger partial charge in [-0.05, 0) is 67.5 Å². The number of likely N-dealkylation sites (tertiary alicyclic amines) is 2. The molecule has 3 aliphatic heterocycles. The van der Waals surface area contributed by atoms with Gasteiger partial charge in [0.15, 0.2) is 11.5 Å². The van der Waals surface area contributed by atoms with Gasteiger partial charge in [-0.3, -0.25) is 19.3 Å². The Morgan fingerprint density at radius 1 is 0.978 bits per heavy atom.